The number of halogens is 4. The van der Waals surface area contributed by atoms with Crippen molar-refractivity contribution in [2.24, 2.45) is 4.99 Å². The molecule has 5 nitrogen and oxygen atoms in total. The molecule has 0 aromatic carbocycles. The van der Waals surface area contributed by atoms with Crippen LogP contribution in [-0.4, -0.2) is 39.3 Å². The van der Waals surface area contributed by atoms with E-state index >= 15 is 0 Å². The third kappa shape index (κ3) is 3.76. The number of aromatic nitrogens is 3. The Morgan fingerprint density at radius 1 is 1.42 bits per heavy atom. The normalized spacial score (nSPS) is 19.1. The fraction of sp³-hybridized carbons (Fsp3) is 0.600. The van der Waals surface area contributed by atoms with Gasteiger partial charge in [0.15, 0.2) is 0 Å². The lowest BCUT2D eigenvalue weighted by Crippen LogP contribution is -2.44. The fourth-order valence-corrected chi connectivity index (χ4v) is 1.76. The van der Waals surface area contributed by atoms with Crippen LogP contribution >= 0.6 is 11.6 Å². The van der Waals surface area contributed by atoms with Crippen LogP contribution < -0.4 is 5.32 Å². The van der Waals surface area contributed by atoms with Crippen molar-refractivity contribution in [2.75, 3.05) is 12.0 Å². The molecule has 104 valence electrons. The number of rotatable bonds is 4. The lowest BCUT2D eigenvalue weighted by Gasteiger charge is -2.35. The zero-order valence-corrected chi connectivity index (χ0v) is 10.8. The second-order valence-corrected chi connectivity index (χ2v) is 4.65. The van der Waals surface area contributed by atoms with Crippen molar-refractivity contribution in [3.63, 3.8) is 0 Å². The highest BCUT2D eigenvalue weighted by Crippen LogP contribution is 2.38. The largest absolute Gasteiger partial charge is 0.351 e. The molecule has 0 bridgehead atoms. The van der Waals surface area contributed by atoms with Gasteiger partial charge in [-0.15, -0.1) is 0 Å². The molecule has 1 saturated carbocycles. The molecule has 1 aliphatic rings. The van der Waals surface area contributed by atoms with Crippen LogP contribution in [0.25, 0.3) is 0 Å². The molecule has 0 saturated heterocycles. The average molecular weight is 294 g/mol. The van der Waals surface area contributed by atoms with Crippen LogP contribution in [0.5, 0.6) is 0 Å². The third-order valence-electron chi connectivity index (χ3n) is 2.50. The van der Waals surface area contributed by atoms with Crippen molar-refractivity contribution in [1.82, 2.24) is 15.0 Å². The van der Waals surface area contributed by atoms with E-state index in [9.17, 15) is 13.2 Å². The number of hydrogen-bond donors (Lipinski definition) is 1. The Bertz CT molecular complexity index is 500. The molecule has 1 aromatic rings. The molecule has 19 heavy (non-hydrogen) atoms. The highest BCUT2D eigenvalue weighted by atomic mass is 35.5. The fourth-order valence-electron chi connectivity index (χ4n) is 1.60. The highest BCUT2D eigenvalue weighted by Gasteiger charge is 2.45. The number of hydrogen-bond acceptors (Lipinski definition) is 5. The minimum atomic E-state index is -2.64. The van der Waals surface area contributed by atoms with E-state index in [2.05, 4.69) is 25.3 Å². The Kier molecular flexibility index (Phi) is 3.88. The first kappa shape index (κ1) is 14.0. The van der Waals surface area contributed by atoms with Crippen LogP contribution in [0.4, 0.5) is 25.1 Å². The molecular weight excluding hydrogens is 283 g/mol. The summed E-state index contributed by atoms with van der Waals surface area (Å²) in [6.45, 7) is 0.734. The maximum atomic E-state index is 12.7. The molecule has 0 spiro atoms. The monoisotopic (exact) mass is 293 g/mol. The number of anilines is 1. The summed E-state index contributed by atoms with van der Waals surface area (Å²) < 4.78 is 37.7. The van der Waals surface area contributed by atoms with E-state index < -0.39 is 18.6 Å². The molecule has 0 amide bonds. The van der Waals surface area contributed by atoms with Crippen LogP contribution in [-0.2, 0) is 0 Å². The van der Waals surface area contributed by atoms with Gasteiger partial charge < -0.3 is 5.32 Å². The molecule has 2 rings (SSSR count). The summed E-state index contributed by atoms with van der Waals surface area (Å²) in [6.07, 6.45) is -0.559. The van der Waals surface area contributed by atoms with Crippen molar-refractivity contribution < 1.29 is 13.2 Å². The molecule has 0 radical (unpaired) electrons. The van der Waals surface area contributed by atoms with Crippen molar-refractivity contribution in [3.8, 4) is 0 Å². The summed E-state index contributed by atoms with van der Waals surface area (Å²) >= 11 is 5.66. The van der Waals surface area contributed by atoms with Crippen LogP contribution in [0.15, 0.2) is 4.99 Å². The number of aliphatic imine (C=N–C) groups is 1. The summed E-state index contributed by atoms with van der Waals surface area (Å²) in [5, 5.41) is 2.59. The lowest BCUT2D eigenvalue weighted by molar-refractivity contribution is -0.0794. The van der Waals surface area contributed by atoms with Gasteiger partial charge in [-0.3, -0.25) is 0 Å². The van der Waals surface area contributed by atoms with Crippen molar-refractivity contribution >= 4 is 29.2 Å². The summed E-state index contributed by atoms with van der Waals surface area (Å²) in [7, 11) is 0. The minimum absolute atomic E-state index is 0.0521. The quantitative estimate of drug-likeness (QED) is 0.867. The first-order valence-electron chi connectivity index (χ1n) is 5.54. The molecule has 0 aliphatic heterocycles. The second-order valence-electron chi connectivity index (χ2n) is 4.31. The minimum Gasteiger partial charge on any atom is -0.351 e. The molecule has 0 atom stereocenters. The number of alkyl halides is 3. The smallest absolute Gasteiger partial charge is 0.255 e. The van der Waals surface area contributed by atoms with E-state index in [4.69, 9.17) is 11.6 Å². The van der Waals surface area contributed by atoms with E-state index in [1.165, 1.54) is 6.92 Å². The van der Waals surface area contributed by atoms with Crippen molar-refractivity contribution in [3.05, 3.63) is 5.28 Å². The predicted molar refractivity (Wildman–Crippen MR) is 65.2 cm³/mol. The van der Waals surface area contributed by atoms with Gasteiger partial charge in [0.25, 0.3) is 11.9 Å². The van der Waals surface area contributed by atoms with Gasteiger partial charge in [0.2, 0.25) is 11.2 Å². The van der Waals surface area contributed by atoms with Gasteiger partial charge >= 0.3 is 0 Å². The van der Waals surface area contributed by atoms with E-state index in [1.54, 1.807) is 0 Å². The lowest BCUT2D eigenvalue weighted by atomic mass is 9.88. The maximum absolute atomic E-state index is 12.7. The van der Waals surface area contributed by atoms with E-state index in [0.29, 0.717) is 0 Å². The Morgan fingerprint density at radius 3 is 2.68 bits per heavy atom. The van der Waals surface area contributed by atoms with Gasteiger partial charge in [-0.1, -0.05) is 0 Å². The molecule has 9 heteroatoms. The number of nitrogens with one attached hydrogen (secondary N) is 1. The zero-order chi connectivity index (χ0) is 14.0. The van der Waals surface area contributed by atoms with Gasteiger partial charge in [-0.2, -0.15) is 15.0 Å². The van der Waals surface area contributed by atoms with Crippen LogP contribution in [0, 0.1) is 0 Å². The van der Waals surface area contributed by atoms with E-state index in [1.807, 2.05) is 0 Å². The first-order chi connectivity index (χ1) is 8.88. The average Bonchev–Trinajstić information content (AvgIpc) is 2.25. The zero-order valence-electron chi connectivity index (χ0n) is 10.00. The molecule has 1 fully saturated rings. The number of nitrogens with zero attached hydrogens (tertiary/aromatic N) is 4. The van der Waals surface area contributed by atoms with Gasteiger partial charge in [0.05, 0.1) is 0 Å². The van der Waals surface area contributed by atoms with Gasteiger partial charge in [0, 0.05) is 24.6 Å². The molecule has 1 aliphatic carbocycles. The van der Waals surface area contributed by atoms with Gasteiger partial charge in [-0.25, -0.2) is 18.2 Å². The van der Waals surface area contributed by atoms with Crippen molar-refractivity contribution in [1.29, 1.82) is 0 Å². The summed E-state index contributed by atoms with van der Waals surface area (Å²) in [6, 6.07) is -0.410. The Labute approximate surface area is 112 Å². The highest BCUT2D eigenvalue weighted by molar-refractivity contribution is 6.28. The Morgan fingerprint density at radius 2 is 2.11 bits per heavy atom. The van der Waals surface area contributed by atoms with Gasteiger partial charge in [0.1, 0.15) is 6.67 Å². The van der Waals surface area contributed by atoms with E-state index in [0.717, 1.165) is 0 Å². The molecule has 0 unspecified atom stereocenters. The summed E-state index contributed by atoms with van der Waals surface area (Å²) in [5.74, 6) is -2.63. The molecule has 1 heterocycles. The second kappa shape index (κ2) is 5.28. The van der Waals surface area contributed by atoms with Gasteiger partial charge in [-0.05, 0) is 18.5 Å². The maximum Gasteiger partial charge on any atom is 0.255 e. The Hall–Kier alpha value is -1.44. The molecule has 1 N–H and O–H groups in total. The third-order valence-corrected chi connectivity index (χ3v) is 2.67. The molecule has 1 aromatic heterocycles. The van der Waals surface area contributed by atoms with E-state index in [-0.39, 0.29) is 35.7 Å². The summed E-state index contributed by atoms with van der Waals surface area (Å²) in [4.78, 5) is 15.1. The first-order valence-corrected chi connectivity index (χ1v) is 5.92. The summed E-state index contributed by atoms with van der Waals surface area (Å²) in [5.41, 5.74) is 0.184. The van der Waals surface area contributed by atoms with Crippen LogP contribution in [0.3, 0.4) is 0 Å². The standard InChI is InChI=1S/C10H11ClF3N5/c1-5(4-12)15-8-17-7(11)18-9(19-8)16-6-2-10(13,14)3-6/h6H,2-4H2,1H3,(H,16,17,18,19). The SMILES string of the molecule is CC(CF)=Nc1nc(Cl)nc(NC2CC(F)(F)C2)n1. The van der Waals surface area contributed by atoms with Crippen LogP contribution in [0.2, 0.25) is 5.28 Å². The predicted octanol–water partition coefficient (Wildman–Crippen LogP) is 2.80. The molecular formula is C10H11ClF3N5. The Balaban J connectivity index is 2.09. The van der Waals surface area contributed by atoms with Crippen molar-refractivity contribution in [2.45, 2.75) is 31.7 Å². The topological polar surface area (TPSA) is 63.1 Å². The van der Waals surface area contributed by atoms with Crippen LogP contribution in [0.1, 0.15) is 19.8 Å².